The van der Waals surface area contributed by atoms with Gasteiger partial charge in [0.2, 0.25) is 0 Å². The van der Waals surface area contributed by atoms with E-state index in [1.54, 1.807) is 0 Å². The molecule has 2 aliphatic carbocycles. The minimum Gasteiger partial charge on any atom is -0.316 e. The largest absolute Gasteiger partial charge is 0.316 e. The summed E-state index contributed by atoms with van der Waals surface area (Å²) in [5, 5.41) is 3.50. The molecule has 2 saturated carbocycles. The highest BCUT2D eigenvalue weighted by Gasteiger charge is 2.50. The summed E-state index contributed by atoms with van der Waals surface area (Å²) in [4.78, 5) is 0. The van der Waals surface area contributed by atoms with Gasteiger partial charge in [0.15, 0.2) is 0 Å². The van der Waals surface area contributed by atoms with Crippen LogP contribution in [0.1, 0.15) is 39.0 Å². The Morgan fingerprint density at radius 3 is 2.45 bits per heavy atom. The first-order valence-electron chi connectivity index (χ1n) is 5.08. The summed E-state index contributed by atoms with van der Waals surface area (Å²) in [6, 6.07) is 0. The van der Waals surface area contributed by atoms with Gasteiger partial charge in [0, 0.05) is 6.54 Å². The monoisotopic (exact) mass is 153 g/mol. The van der Waals surface area contributed by atoms with Crippen LogP contribution in [0.25, 0.3) is 0 Å². The van der Waals surface area contributed by atoms with Gasteiger partial charge in [-0.15, -0.1) is 0 Å². The number of nitrogens with one attached hydrogen (secondary N) is 1. The Bertz CT molecular complexity index is 134. The summed E-state index contributed by atoms with van der Waals surface area (Å²) in [5.74, 6) is 1.10. The average molecular weight is 153 g/mol. The summed E-state index contributed by atoms with van der Waals surface area (Å²) in [6.45, 7) is 4.65. The van der Waals surface area contributed by atoms with Gasteiger partial charge in [-0.3, -0.25) is 0 Å². The molecule has 0 atom stereocenters. The average Bonchev–Trinajstić information content (AvgIpc) is 2.62. The van der Waals surface area contributed by atoms with E-state index in [0.717, 1.165) is 17.9 Å². The summed E-state index contributed by atoms with van der Waals surface area (Å²) in [5.41, 5.74) is 0.786. The highest BCUT2D eigenvalue weighted by atomic mass is 14.9. The summed E-state index contributed by atoms with van der Waals surface area (Å²) in [6.07, 6.45) is 7.55. The molecule has 1 nitrogen and oxygen atoms in total. The Kier molecular flexibility index (Phi) is 1.92. The topological polar surface area (TPSA) is 12.0 Å². The van der Waals surface area contributed by atoms with Crippen LogP contribution in [-0.2, 0) is 0 Å². The summed E-state index contributed by atoms with van der Waals surface area (Å²) in [7, 11) is 0. The van der Waals surface area contributed by atoms with Gasteiger partial charge in [0.05, 0.1) is 0 Å². The fraction of sp³-hybridized carbons (Fsp3) is 1.00. The molecule has 0 radical (unpaired) electrons. The molecule has 64 valence electrons. The van der Waals surface area contributed by atoms with E-state index in [2.05, 4.69) is 12.2 Å². The molecule has 1 N–H and O–H groups in total. The zero-order valence-electron chi connectivity index (χ0n) is 7.53. The Morgan fingerprint density at radius 1 is 1.36 bits per heavy atom. The normalized spacial score (nSPS) is 28.1. The third kappa shape index (κ3) is 1.31. The quantitative estimate of drug-likeness (QED) is 0.652. The molecule has 0 heterocycles. The standard InChI is InChI=1S/C10H19N/c1-2-11-8-10(6-7-10)9-4-3-5-9/h9,11H,2-8H2,1H3. The molecule has 0 unspecified atom stereocenters. The van der Waals surface area contributed by atoms with E-state index in [0.29, 0.717) is 0 Å². The molecule has 0 aliphatic heterocycles. The lowest BCUT2D eigenvalue weighted by Crippen LogP contribution is -2.33. The molecule has 0 amide bonds. The van der Waals surface area contributed by atoms with Crippen LogP contribution < -0.4 is 5.32 Å². The van der Waals surface area contributed by atoms with Crippen molar-refractivity contribution >= 4 is 0 Å². The van der Waals surface area contributed by atoms with Crippen LogP contribution in [0.5, 0.6) is 0 Å². The molecule has 0 saturated heterocycles. The van der Waals surface area contributed by atoms with Crippen molar-refractivity contribution in [3.63, 3.8) is 0 Å². The van der Waals surface area contributed by atoms with Gasteiger partial charge in [-0.05, 0) is 43.6 Å². The van der Waals surface area contributed by atoms with Crippen LogP contribution in [0.2, 0.25) is 0 Å². The zero-order chi connectivity index (χ0) is 7.73. The van der Waals surface area contributed by atoms with Gasteiger partial charge < -0.3 is 5.32 Å². The van der Waals surface area contributed by atoms with Gasteiger partial charge in [-0.25, -0.2) is 0 Å². The SMILES string of the molecule is CCNCC1(C2CCC2)CC1. The third-order valence-electron chi connectivity index (χ3n) is 3.59. The Labute approximate surface area is 69.6 Å². The smallest absolute Gasteiger partial charge is 0.00104 e. The van der Waals surface area contributed by atoms with E-state index in [9.17, 15) is 0 Å². The molecule has 2 rings (SSSR count). The van der Waals surface area contributed by atoms with E-state index < -0.39 is 0 Å². The third-order valence-corrected chi connectivity index (χ3v) is 3.59. The second-order valence-electron chi connectivity index (χ2n) is 4.27. The van der Waals surface area contributed by atoms with Crippen LogP contribution in [-0.4, -0.2) is 13.1 Å². The van der Waals surface area contributed by atoms with Crippen LogP contribution in [0.4, 0.5) is 0 Å². The molecule has 11 heavy (non-hydrogen) atoms. The minimum atomic E-state index is 0.786. The molecule has 0 bridgehead atoms. The highest BCUT2D eigenvalue weighted by molar-refractivity contribution is 5.02. The minimum absolute atomic E-state index is 0.786. The summed E-state index contributed by atoms with van der Waals surface area (Å²) >= 11 is 0. The van der Waals surface area contributed by atoms with E-state index in [4.69, 9.17) is 0 Å². The summed E-state index contributed by atoms with van der Waals surface area (Å²) < 4.78 is 0. The number of rotatable bonds is 4. The number of hydrogen-bond donors (Lipinski definition) is 1. The molecular formula is C10H19N. The zero-order valence-corrected chi connectivity index (χ0v) is 7.53. The molecular weight excluding hydrogens is 134 g/mol. The van der Waals surface area contributed by atoms with Crippen LogP contribution in [0, 0.1) is 11.3 Å². The first kappa shape index (κ1) is 7.60. The van der Waals surface area contributed by atoms with Gasteiger partial charge in [-0.1, -0.05) is 13.3 Å². The van der Waals surface area contributed by atoms with Crippen molar-refractivity contribution < 1.29 is 0 Å². The van der Waals surface area contributed by atoms with Crippen molar-refractivity contribution in [1.82, 2.24) is 5.32 Å². The maximum atomic E-state index is 3.50. The Hall–Kier alpha value is -0.0400. The maximum absolute atomic E-state index is 3.50. The van der Waals surface area contributed by atoms with Crippen molar-refractivity contribution in [3.05, 3.63) is 0 Å². The first-order valence-corrected chi connectivity index (χ1v) is 5.08. The predicted octanol–water partition coefficient (Wildman–Crippen LogP) is 2.18. The van der Waals surface area contributed by atoms with Gasteiger partial charge >= 0.3 is 0 Å². The van der Waals surface area contributed by atoms with Crippen molar-refractivity contribution in [3.8, 4) is 0 Å². The predicted molar refractivity (Wildman–Crippen MR) is 47.6 cm³/mol. The fourth-order valence-electron chi connectivity index (χ4n) is 2.28. The molecule has 1 heteroatoms. The molecule has 2 aliphatic rings. The maximum Gasteiger partial charge on any atom is 0.00104 e. The molecule has 0 spiro atoms. The highest BCUT2D eigenvalue weighted by Crippen LogP contribution is 2.58. The van der Waals surface area contributed by atoms with Gasteiger partial charge in [-0.2, -0.15) is 0 Å². The lowest BCUT2D eigenvalue weighted by atomic mass is 9.73. The molecule has 2 fully saturated rings. The number of hydrogen-bond acceptors (Lipinski definition) is 1. The van der Waals surface area contributed by atoms with Crippen LogP contribution in [0.15, 0.2) is 0 Å². The second kappa shape index (κ2) is 2.78. The second-order valence-corrected chi connectivity index (χ2v) is 4.27. The lowest BCUT2D eigenvalue weighted by molar-refractivity contribution is 0.181. The van der Waals surface area contributed by atoms with Crippen LogP contribution in [0.3, 0.4) is 0 Å². The fourth-order valence-corrected chi connectivity index (χ4v) is 2.28. The Morgan fingerprint density at radius 2 is 2.09 bits per heavy atom. The van der Waals surface area contributed by atoms with Gasteiger partial charge in [0.1, 0.15) is 0 Å². The van der Waals surface area contributed by atoms with E-state index in [1.807, 2.05) is 0 Å². The van der Waals surface area contributed by atoms with E-state index >= 15 is 0 Å². The lowest BCUT2D eigenvalue weighted by Gasteiger charge is -2.34. The van der Waals surface area contributed by atoms with Crippen molar-refractivity contribution in [1.29, 1.82) is 0 Å². The molecule has 0 aromatic heterocycles. The van der Waals surface area contributed by atoms with Crippen molar-refractivity contribution in [2.45, 2.75) is 39.0 Å². The van der Waals surface area contributed by atoms with Gasteiger partial charge in [0.25, 0.3) is 0 Å². The van der Waals surface area contributed by atoms with E-state index in [-0.39, 0.29) is 0 Å². The molecule has 0 aromatic rings. The van der Waals surface area contributed by atoms with Crippen LogP contribution >= 0.6 is 0 Å². The van der Waals surface area contributed by atoms with Crippen molar-refractivity contribution in [2.24, 2.45) is 11.3 Å². The molecule has 0 aromatic carbocycles. The van der Waals surface area contributed by atoms with E-state index in [1.165, 1.54) is 38.6 Å². The first-order chi connectivity index (χ1) is 5.37. The Balaban J connectivity index is 1.79. The van der Waals surface area contributed by atoms with Crippen molar-refractivity contribution in [2.75, 3.05) is 13.1 Å².